The second kappa shape index (κ2) is 12.5. The zero-order valence-corrected chi connectivity index (χ0v) is 24.2. The van der Waals surface area contributed by atoms with Crippen LogP contribution in [0.1, 0.15) is 11.1 Å². The van der Waals surface area contributed by atoms with Crippen molar-refractivity contribution in [3.05, 3.63) is 86.8 Å². The van der Waals surface area contributed by atoms with Gasteiger partial charge in [-0.2, -0.15) is 5.10 Å². The van der Waals surface area contributed by atoms with E-state index in [1.165, 1.54) is 40.4 Å². The molecular weight excluding hydrogens is 613 g/mol. The molecule has 1 aromatic heterocycles. The predicted molar refractivity (Wildman–Crippen MR) is 152 cm³/mol. The van der Waals surface area contributed by atoms with E-state index < -0.39 is 40.8 Å². The summed E-state index contributed by atoms with van der Waals surface area (Å²) in [6, 6.07) is 7.74. The molecule has 2 saturated heterocycles. The SMILES string of the molecule is O=C(CN1C(=O)S/C(=C\c2ccc(Cl)cc2Cl)C1=O)N1CCN(CC(O)(Cn2cncn2)c2ccc(F)cc2F)CC1. The summed E-state index contributed by atoms with van der Waals surface area (Å²) in [5.74, 6) is -2.67. The Bertz CT molecular complexity index is 1550. The van der Waals surface area contributed by atoms with Crippen molar-refractivity contribution in [1.82, 2.24) is 29.5 Å². The summed E-state index contributed by atoms with van der Waals surface area (Å²) < 4.78 is 29.7. The quantitative estimate of drug-likeness (QED) is 0.373. The largest absolute Gasteiger partial charge is 0.382 e. The van der Waals surface area contributed by atoms with Crippen LogP contribution in [-0.2, 0) is 21.7 Å². The van der Waals surface area contributed by atoms with E-state index in [4.69, 9.17) is 23.2 Å². The van der Waals surface area contributed by atoms with Gasteiger partial charge in [0.25, 0.3) is 11.1 Å². The maximum Gasteiger partial charge on any atom is 0.294 e. The van der Waals surface area contributed by atoms with E-state index in [-0.39, 0.29) is 36.6 Å². The molecule has 2 aromatic carbocycles. The summed E-state index contributed by atoms with van der Waals surface area (Å²) in [6.45, 7) is 0.554. The number of nitrogens with zero attached hydrogens (tertiary/aromatic N) is 6. The second-order valence-corrected chi connectivity index (χ2v) is 11.7. The summed E-state index contributed by atoms with van der Waals surface area (Å²) in [6.07, 6.45) is 4.15. The van der Waals surface area contributed by atoms with Gasteiger partial charge in [-0.1, -0.05) is 35.3 Å². The zero-order valence-electron chi connectivity index (χ0n) is 21.9. The Morgan fingerprint density at radius 2 is 1.83 bits per heavy atom. The van der Waals surface area contributed by atoms with Gasteiger partial charge in [0, 0.05) is 54.4 Å². The fourth-order valence-corrected chi connectivity index (χ4v) is 6.12. The number of piperazine rings is 1. The highest BCUT2D eigenvalue weighted by Gasteiger charge is 2.39. The molecule has 0 radical (unpaired) electrons. The molecule has 42 heavy (non-hydrogen) atoms. The second-order valence-electron chi connectivity index (χ2n) is 9.84. The van der Waals surface area contributed by atoms with Gasteiger partial charge in [0.05, 0.1) is 11.4 Å². The Morgan fingerprint density at radius 3 is 2.50 bits per heavy atom. The molecule has 2 fully saturated rings. The number of carbonyl (C=O) groups is 3. The number of thioether (sulfide) groups is 1. The molecule has 1 unspecified atom stereocenters. The first kappa shape index (κ1) is 30.1. The number of rotatable bonds is 8. The van der Waals surface area contributed by atoms with Crippen LogP contribution < -0.4 is 0 Å². The number of benzene rings is 2. The van der Waals surface area contributed by atoms with Crippen LogP contribution in [0.25, 0.3) is 6.08 Å². The molecule has 1 atom stereocenters. The Hall–Kier alpha value is -3.36. The molecule has 3 heterocycles. The number of aromatic nitrogens is 3. The summed E-state index contributed by atoms with van der Waals surface area (Å²) in [5.41, 5.74) is -1.36. The summed E-state index contributed by atoms with van der Waals surface area (Å²) in [4.78, 5) is 46.8. The molecule has 1 N–H and O–H groups in total. The molecule has 0 saturated carbocycles. The maximum absolute atomic E-state index is 14.7. The first-order valence-corrected chi connectivity index (χ1v) is 14.3. The predicted octanol–water partition coefficient (Wildman–Crippen LogP) is 3.63. The lowest BCUT2D eigenvalue weighted by molar-refractivity contribution is -0.137. The number of halogens is 4. The van der Waals surface area contributed by atoms with Gasteiger partial charge in [-0.25, -0.2) is 18.4 Å². The van der Waals surface area contributed by atoms with E-state index in [2.05, 4.69) is 10.1 Å². The minimum absolute atomic E-state index is 0.0292. The third-order valence-electron chi connectivity index (χ3n) is 6.95. The van der Waals surface area contributed by atoms with Crippen molar-refractivity contribution < 1.29 is 28.3 Å². The van der Waals surface area contributed by atoms with Crippen molar-refractivity contribution in [1.29, 1.82) is 0 Å². The zero-order chi connectivity index (χ0) is 30.0. The van der Waals surface area contributed by atoms with Gasteiger partial charge in [-0.15, -0.1) is 0 Å². The van der Waals surface area contributed by atoms with Crippen LogP contribution in [0.4, 0.5) is 13.6 Å². The minimum atomic E-state index is -1.78. The Morgan fingerprint density at radius 1 is 1.07 bits per heavy atom. The van der Waals surface area contributed by atoms with Crippen molar-refractivity contribution in [2.45, 2.75) is 12.1 Å². The van der Waals surface area contributed by atoms with Crippen LogP contribution in [0.15, 0.2) is 54.0 Å². The third kappa shape index (κ3) is 6.65. The van der Waals surface area contributed by atoms with E-state index >= 15 is 0 Å². The average molecular weight is 637 g/mol. The monoisotopic (exact) mass is 636 g/mol. The number of hydrogen-bond acceptors (Lipinski definition) is 8. The summed E-state index contributed by atoms with van der Waals surface area (Å²) >= 11 is 12.8. The number of aliphatic hydroxyl groups is 1. The van der Waals surface area contributed by atoms with Gasteiger partial charge in [-0.3, -0.25) is 24.2 Å². The average Bonchev–Trinajstić information content (AvgIpc) is 3.53. The number of amides is 3. The number of imide groups is 1. The number of hydrogen-bond donors (Lipinski definition) is 1. The van der Waals surface area contributed by atoms with Crippen LogP contribution >= 0.6 is 35.0 Å². The van der Waals surface area contributed by atoms with Gasteiger partial charge < -0.3 is 10.0 Å². The molecule has 5 rings (SSSR count). The van der Waals surface area contributed by atoms with Gasteiger partial charge in [-0.05, 0) is 41.6 Å². The lowest BCUT2D eigenvalue weighted by atomic mass is 9.92. The molecule has 0 aliphatic carbocycles. The van der Waals surface area contributed by atoms with Crippen LogP contribution in [0.3, 0.4) is 0 Å². The Balaban J connectivity index is 1.21. The maximum atomic E-state index is 14.7. The van der Waals surface area contributed by atoms with E-state index in [1.807, 2.05) is 4.90 Å². The van der Waals surface area contributed by atoms with Crippen LogP contribution in [0.5, 0.6) is 0 Å². The van der Waals surface area contributed by atoms with Crippen LogP contribution in [0, 0.1) is 11.6 Å². The summed E-state index contributed by atoms with van der Waals surface area (Å²) in [7, 11) is 0. The molecular formula is C27H24Cl2F2N6O4S. The van der Waals surface area contributed by atoms with E-state index in [9.17, 15) is 28.3 Å². The smallest absolute Gasteiger partial charge is 0.294 e. The van der Waals surface area contributed by atoms with Crippen molar-refractivity contribution in [3.63, 3.8) is 0 Å². The lowest BCUT2D eigenvalue weighted by Crippen LogP contribution is -2.55. The number of β-amino-alcohol motifs (C(OH)–C–C–N with tert-alkyl or cyclic N) is 1. The van der Waals surface area contributed by atoms with Crippen molar-refractivity contribution in [2.24, 2.45) is 0 Å². The summed E-state index contributed by atoms with van der Waals surface area (Å²) in [5, 5.41) is 15.8. The van der Waals surface area contributed by atoms with Gasteiger partial charge in [0.15, 0.2) is 0 Å². The Labute approximate surface area is 253 Å². The molecule has 2 aliphatic rings. The molecule has 3 aromatic rings. The molecule has 15 heteroatoms. The van der Waals surface area contributed by atoms with Crippen molar-refractivity contribution in [2.75, 3.05) is 39.3 Å². The lowest BCUT2D eigenvalue weighted by Gasteiger charge is -2.40. The number of carbonyl (C=O) groups excluding carboxylic acids is 3. The molecule has 10 nitrogen and oxygen atoms in total. The topological polar surface area (TPSA) is 112 Å². The third-order valence-corrected chi connectivity index (χ3v) is 8.42. The highest BCUT2D eigenvalue weighted by atomic mass is 35.5. The van der Waals surface area contributed by atoms with E-state index in [0.29, 0.717) is 34.8 Å². The highest BCUT2D eigenvalue weighted by Crippen LogP contribution is 2.34. The molecule has 0 spiro atoms. The normalized spacial score (nSPS) is 18.6. The first-order valence-electron chi connectivity index (χ1n) is 12.7. The highest BCUT2D eigenvalue weighted by molar-refractivity contribution is 8.18. The van der Waals surface area contributed by atoms with Crippen molar-refractivity contribution >= 4 is 58.1 Å². The van der Waals surface area contributed by atoms with Gasteiger partial charge in [0.1, 0.15) is 36.4 Å². The fourth-order valence-electron chi connectivity index (χ4n) is 4.83. The van der Waals surface area contributed by atoms with Crippen LogP contribution in [0.2, 0.25) is 10.0 Å². The fraction of sp³-hybridized carbons (Fsp3) is 0.296. The van der Waals surface area contributed by atoms with E-state index in [0.717, 1.165) is 22.7 Å². The first-order chi connectivity index (χ1) is 20.0. The van der Waals surface area contributed by atoms with Crippen molar-refractivity contribution in [3.8, 4) is 0 Å². The molecule has 0 bridgehead atoms. The van der Waals surface area contributed by atoms with Crippen LogP contribution in [-0.4, -0.2) is 90.9 Å². The van der Waals surface area contributed by atoms with E-state index in [1.54, 1.807) is 12.1 Å². The van der Waals surface area contributed by atoms with Gasteiger partial charge >= 0.3 is 0 Å². The van der Waals surface area contributed by atoms with Gasteiger partial charge in [0.2, 0.25) is 5.91 Å². The minimum Gasteiger partial charge on any atom is -0.382 e. The molecule has 2 aliphatic heterocycles. The standard InChI is InChI=1S/C27H24Cl2F2N6O4S/c28-18-2-1-17(21(29)10-18)9-23-25(39)37(26(40)42-23)12-24(38)35-7-5-34(6-8-35)13-27(41,14-36-16-32-15-33-36)20-4-3-19(30)11-22(20)31/h1-4,9-11,15-16,41H,5-8,12-14H2/b23-9-. The molecule has 3 amide bonds. The Kier molecular flexibility index (Phi) is 8.94. The molecule has 220 valence electrons.